The second kappa shape index (κ2) is 10.9. The lowest BCUT2D eigenvalue weighted by molar-refractivity contribution is 0.670. The SMILES string of the molecule is c1ccc(-c2nc(-c3cccc4c3sc3cccc(-c5cccc6c5oc5ccccc56)c34)nc(-n3c4ccccc4c4ccccc43)n2)cc1. The van der Waals surface area contributed by atoms with Crippen LogP contribution in [0.15, 0.2) is 162 Å². The standard InChI is InChI=1S/C45H26N4OS/c1-2-13-27(14-3-1)43-46-44(48-45(47-43)49-36-23-7-4-15-28(36)29-16-5-8-24-37(29)49)35-22-11-21-34-40-31(18-12-26-39(40)51-42(34)35)33-20-10-19-32-30-17-6-9-25-38(30)50-41(32)33/h1-26H. The molecule has 0 fully saturated rings. The molecule has 0 N–H and O–H groups in total. The van der Waals surface area contributed by atoms with Gasteiger partial charge in [-0.25, -0.2) is 4.98 Å². The lowest BCUT2D eigenvalue weighted by atomic mass is 9.97. The van der Waals surface area contributed by atoms with Crippen molar-refractivity contribution in [2.24, 2.45) is 0 Å². The van der Waals surface area contributed by atoms with E-state index in [9.17, 15) is 0 Å². The van der Waals surface area contributed by atoms with E-state index in [0.29, 0.717) is 17.6 Å². The summed E-state index contributed by atoms with van der Waals surface area (Å²) in [5.74, 6) is 1.86. The second-order valence-electron chi connectivity index (χ2n) is 12.8. The van der Waals surface area contributed by atoms with Gasteiger partial charge in [0.2, 0.25) is 5.95 Å². The van der Waals surface area contributed by atoms with E-state index in [-0.39, 0.29) is 0 Å². The van der Waals surface area contributed by atoms with Crippen molar-refractivity contribution in [3.8, 4) is 39.9 Å². The third-order valence-corrected chi connectivity index (χ3v) is 11.1. The van der Waals surface area contributed by atoms with Crippen molar-refractivity contribution < 1.29 is 4.42 Å². The van der Waals surface area contributed by atoms with Gasteiger partial charge in [-0.15, -0.1) is 11.3 Å². The number of fused-ring (bicyclic) bond motifs is 9. The monoisotopic (exact) mass is 670 g/mol. The van der Waals surface area contributed by atoms with Crippen molar-refractivity contribution in [3.63, 3.8) is 0 Å². The van der Waals surface area contributed by atoms with Gasteiger partial charge >= 0.3 is 0 Å². The molecule has 238 valence electrons. The van der Waals surface area contributed by atoms with Gasteiger partial charge < -0.3 is 4.42 Å². The van der Waals surface area contributed by atoms with Crippen molar-refractivity contribution in [2.75, 3.05) is 0 Å². The van der Waals surface area contributed by atoms with Gasteiger partial charge in [-0.2, -0.15) is 9.97 Å². The fraction of sp³-hybridized carbons (Fsp3) is 0. The molecule has 0 aliphatic carbocycles. The molecule has 11 aromatic rings. The molecular formula is C45H26N4OS. The molecule has 6 heteroatoms. The van der Waals surface area contributed by atoms with Crippen molar-refractivity contribution in [3.05, 3.63) is 158 Å². The Bertz CT molecular complexity index is 3100. The van der Waals surface area contributed by atoms with E-state index in [2.05, 4.69) is 132 Å². The summed E-state index contributed by atoms with van der Waals surface area (Å²) in [5.41, 5.74) is 8.05. The molecule has 0 amide bonds. The summed E-state index contributed by atoms with van der Waals surface area (Å²) in [7, 11) is 0. The molecule has 51 heavy (non-hydrogen) atoms. The van der Waals surface area contributed by atoms with Crippen molar-refractivity contribution in [2.45, 2.75) is 0 Å². The number of rotatable bonds is 4. The summed E-state index contributed by atoms with van der Waals surface area (Å²) < 4.78 is 11.0. The normalized spacial score (nSPS) is 11.9. The van der Waals surface area contributed by atoms with Crippen LogP contribution in [0.2, 0.25) is 0 Å². The summed E-state index contributed by atoms with van der Waals surface area (Å²) in [4.78, 5) is 15.6. The van der Waals surface area contributed by atoms with E-state index in [4.69, 9.17) is 19.4 Å². The number of hydrogen-bond donors (Lipinski definition) is 0. The summed E-state index contributed by atoms with van der Waals surface area (Å²) in [6, 6.07) is 54.8. The van der Waals surface area contributed by atoms with Crippen LogP contribution in [0.3, 0.4) is 0 Å². The zero-order chi connectivity index (χ0) is 33.5. The zero-order valence-corrected chi connectivity index (χ0v) is 27.9. The van der Waals surface area contributed by atoms with E-state index < -0.39 is 0 Å². The first-order valence-corrected chi connectivity index (χ1v) is 17.8. The predicted molar refractivity (Wildman–Crippen MR) is 211 cm³/mol. The molecule has 7 aromatic carbocycles. The smallest absolute Gasteiger partial charge is 0.238 e. The minimum atomic E-state index is 0.589. The largest absolute Gasteiger partial charge is 0.455 e. The molecule has 0 spiro atoms. The number of para-hydroxylation sites is 4. The highest BCUT2D eigenvalue weighted by Gasteiger charge is 2.21. The quantitative estimate of drug-likeness (QED) is 0.187. The van der Waals surface area contributed by atoms with E-state index in [1.807, 2.05) is 30.3 Å². The minimum Gasteiger partial charge on any atom is -0.455 e. The highest BCUT2D eigenvalue weighted by Crippen LogP contribution is 2.46. The third-order valence-electron chi connectivity index (χ3n) is 9.89. The predicted octanol–water partition coefficient (Wildman–Crippen LogP) is 12.2. The Morgan fingerprint density at radius 2 is 1.06 bits per heavy atom. The average molecular weight is 671 g/mol. The molecule has 0 bridgehead atoms. The molecule has 0 aliphatic heterocycles. The van der Waals surface area contributed by atoms with Gasteiger partial charge in [-0.3, -0.25) is 4.57 Å². The number of benzene rings is 7. The first-order chi connectivity index (χ1) is 25.3. The van der Waals surface area contributed by atoms with Crippen LogP contribution < -0.4 is 0 Å². The fourth-order valence-corrected chi connectivity index (χ4v) is 8.88. The molecule has 11 rings (SSSR count). The summed E-state index contributed by atoms with van der Waals surface area (Å²) >= 11 is 1.77. The van der Waals surface area contributed by atoms with E-state index >= 15 is 0 Å². The molecular weight excluding hydrogens is 645 g/mol. The van der Waals surface area contributed by atoms with Crippen molar-refractivity contribution >= 4 is 75.3 Å². The van der Waals surface area contributed by atoms with Gasteiger partial charge in [0.25, 0.3) is 0 Å². The zero-order valence-electron chi connectivity index (χ0n) is 27.1. The van der Waals surface area contributed by atoms with Gasteiger partial charge in [-0.1, -0.05) is 127 Å². The van der Waals surface area contributed by atoms with E-state index in [0.717, 1.165) is 76.1 Å². The number of nitrogens with zero attached hydrogens (tertiary/aromatic N) is 4. The highest BCUT2D eigenvalue weighted by atomic mass is 32.1. The van der Waals surface area contributed by atoms with Gasteiger partial charge in [0.15, 0.2) is 11.6 Å². The van der Waals surface area contributed by atoms with Crippen LogP contribution >= 0.6 is 11.3 Å². The molecule has 0 saturated carbocycles. The Morgan fingerprint density at radius 1 is 0.451 bits per heavy atom. The van der Waals surface area contributed by atoms with Gasteiger partial charge in [-0.05, 0) is 35.9 Å². The minimum absolute atomic E-state index is 0.589. The summed E-state index contributed by atoms with van der Waals surface area (Å²) in [5, 5.41) is 6.94. The Kier molecular flexibility index (Phi) is 6.05. The maximum Gasteiger partial charge on any atom is 0.238 e. The van der Waals surface area contributed by atoms with Crippen LogP contribution in [0.5, 0.6) is 0 Å². The van der Waals surface area contributed by atoms with Crippen molar-refractivity contribution in [1.82, 2.24) is 19.5 Å². The van der Waals surface area contributed by atoms with Crippen LogP contribution in [0.25, 0.3) is 104 Å². The van der Waals surface area contributed by atoms with E-state index in [1.165, 1.54) is 10.1 Å². The van der Waals surface area contributed by atoms with Gasteiger partial charge in [0.1, 0.15) is 11.2 Å². The Morgan fingerprint density at radius 3 is 1.86 bits per heavy atom. The topological polar surface area (TPSA) is 56.7 Å². The molecule has 0 unspecified atom stereocenters. The number of thiophene rings is 1. The first kappa shape index (κ1) is 28.2. The Labute approximate surface area is 295 Å². The second-order valence-corrected chi connectivity index (χ2v) is 13.8. The maximum atomic E-state index is 6.51. The molecule has 4 aromatic heterocycles. The molecule has 4 heterocycles. The van der Waals surface area contributed by atoms with Crippen LogP contribution in [0.1, 0.15) is 0 Å². The summed E-state index contributed by atoms with van der Waals surface area (Å²) in [6.07, 6.45) is 0. The number of furan rings is 1. The molecule has 0 saturated heterocycles. The van der Waals surface area contributed by atoms with Crippen LogP contribution in [0.4, 0.5) is 0 Å². The van der Waals surface area contributed by atoms with Gasteiger partial charge in [0.05, 0.1) is 11.0 Å². The molecule has 0 radical (unpaired) electrons. The third kappa shape index (κ3) is 4.24. The number of hydrogen-bond acceptors (Lipinski definition) is 5. The van der Waals surface area contributed by atoms with Crippen LogP contribution in [0, 0.1) is 0 Å². The first-order valence-electron chi connectivity index (χ1n) is 17.0. The lowest BCUT2D eigenvalue weighted by Crippen LogP contribution is -2.06. The van der Waals surface area contributed by atoms with Crippen molar-refractivity contribution in [1.29, 1.82) is 0 Å². The molecule has 0 atom stereocenters. The molecule has 0 aliphatic rings. The Balaban J connectivity index is 1.18. The number of aromatic nitrogens is 4. The average Bonchev–Trinajstić information content (AvgIpc) is 3.88. The van der Waals surface area contributed by atoms with Gasteiger partial charge in [0, 0.05) is 58.4 Å². The fourth-order valence-electron chi connectivity index (χ4n) is 7.65. The maximum absolute atomic E-state index is 6.51. The Hall–Kier alpha value is -6.63. The molecule has 5 nitrogen and oxygen atoms in total. The van der Waals surface area contributed by atoms with Crippen LogP contribution in [-0.4, -0.2) is 19.5 Å². The lowest BCUT2D eigenvalue weighted by Gasteiger charge is -2.11. The van der Waals surface area contributed by atoms with E-state index in [1.54, 1.807) is 11.3 Å². The van der Waals surface area contributed by atoms with Crippen LogP contribution in [-0.2, 0) is 0 Å². The highest BCUT2D eigenvalue weighted by molar-refractivity contribution is 7.26. The summed E-state index contributed by atoms with van der Waals surface area (Å²) in [6.45, 7) is 0.